The molecule has 1 amide bonds. The van der Waals surface area contributed by atoms with Crippen LogP contribution in [0, 0.1) is 5.92 Å². The maximum absolute atomic E-state index is 13.1. The highest BCUT2D eigenvalue weighted by molar-refractivity contribution is 6.31. The zero-order valence-electron chi connectivity index (χ0n) is 16.6. The van der Waals surface area contributed by atoms with E-state index in [1.165, 1.54) is 18.5 Å². The molecular weight excluding hydrogens is 426 g/mol. The van der Waals surface area contributed by atoms with Gasteiger partial charge in [-0.3, -0.25) is 9.59 Å². The molecule has 0 radical (unpaired) electrons. The molecule has 0 aromatic carbocycles. The number of hydrogen-bond acceptors (Lipinski definition) is 6. The number of aromatic nitrogens is 3. The van der Waals surface area contributed by atoms with Crippen LogP contribution in [0.3, 0.4) is 0 Å². The van der Waals surface area contributed by atoms with E-state index < -0.39 is 41.8 Å². The lowest BCUT2D eigenvalue weighted by Crippen LogP contribution is -2.61. The zero-order chi connectivity index (χ0) is 22.8. The van der Waals surface area contributed by atoms with Crippen LogP contribution in [0.4, 0.5) is 0 Å². The molecule has 2 heterocycles. The van der Waals surface area contributed by atoms with Crippen molar-refractivity contribution in [3.05, 3.63) is 47.5 Å². The maximum atomic E-state index is 13.1. The normalized spacial score (nSPS) is 22.5. The van der Waals surface area contributed by atoms with Gasteiger partial charge in [-0.1, -0.05) is 30.7 Å². The van der Waals surface area contributed by atoms with Gasteiger partial charge in [-0.15, -0.1) is 0 Å². The fraction of sp³-hybridized carbons (Fsp3) is 0.350. The summed E-state index contributed by atoms with van der Waals surface area (Å²) in [6, 6.07) is -1.39. The summed E-state index contributed by atoms with van der Waals surface area (Å²) in [5, 5.41) is 21.8. The van der Waals surface area contributed by atoms with E-state index in [9.17, 15) is 19.5 Å². The number of halogens is 1. The third kappa shape index (κ3) is 4.59. The minimum absolute atomic E-state index is 0.271. The molecule has 10 nitrogen and oxygen atoms in total. The van der Waals surface area contributed by atoms with Crippen LogP contribution in [0.25, 0.3) is 11.0 Å². The van der Waals surface area contributed by atoms with Crippen LogP contribution in [-0.4, -0.2) is 54.6 Å². The van der Waals surface area contributed by atoms with Crippen LogP contribution in [0.5, 0.6) is 0 Å². The van der Waals surface area contributed by atoms with Crippen molar-refractivity contribution in [1.82, 2.24) is 20.3 Å². The molecule has 0 saturated carbocycles. The lowest BCUT2D eigenvalue weighted by atomic mass is 9.71. The van der Waals surface area contributed by atoms with E-state index in [4.69, 9.17) is 22.4 Å². The number of allylic oxidation sites excluding steroid dienone is 2. The summed E-state index contributed by atoms with van der Waals surface area (Å²) in [5.74, 6) is -4.20. The molecule has 3 unspecified atom stereocenters. The first-order valence-corrected chi connectivity index (χ1v) is 9.89. The van der Waals surface area contributed by atoms with Gasteiger partial charge in [-0.05, 0) is 24.0 Å². The van der Waals surface area contributed by atoms with E-state index in [0.717, 1.165) is 10.9 Å². The summed E-state index contributed by atoms with van der Waals surface area (Å²) in [5.41, 5.74) is 6.34. The molecule has 0 saturated heterocycles. The van der Waals surface area contributed by atoms with Gasteiger partial charge in [0.1, 0.15) is 23.6 Å². The fourth-order valence-electron chi connectivity index (χ4n) is 3.74. The lowest BCUT2D eigenvalue weighted by molar-refractivity contribution is -0.143. The Labute approximate surface area is 182 Å². The first-order valence-electron chi connectivity index (χ1n) is 9.51. The number of carboxylic acids is 2. The van der Waals surface area contributed by atoms with Gasteiger partial charge in [0, 0.05) is 35.2 Å². The van der Waals surface area contributed by atoms with Crippen LogP contribution in [0.2, 0.25) is 0 Å². The van der Waals surface area contributed by atoms with E-state index in [1.807, 2.05) is 6.92 Å². The van der Waals surface area contributed by atoms with E-state index in [0.29, 0.717) is 10.7 Å². The molecule has 11 heteroatoms. The number of aliphatic carboxylic acids is 2. The maximum Gasteiger partial charge on any atom is 0.326 e. The summed E-state index contributed by atoms with van der Waals surface area (Å²) in [6.07, 6.45) is 8.72. The van der Waals surface area contributed by atoms with Crippen molar-refractivity contribution in [1.29, 1.82) is 0 Å². The molecule has 0 aliphatic heterocycles. The van der Waals surface area contributed by atoms with Gasteiger partial charge in [0.05, 0.1) is 0 Å². The lowest BCUT2D eigenvalue weighted by Gasteiger charge is -2.38. The average Bonchev–Trinajstić information content (AvgIpc) is 3.16. The molecule has 31 heavy (non-hydrogen) atoms. The van der Waals surface area contributed by atoms with Gasteiger partial charge in [-0.2, -0.15) is 0 Å². The summed E-state index contributed by atoms with van der Waals surface area (Å²) in [7, 11) is 0. The monoisotopic (exact) mass is 447 g/mol. The van der Waals surface area contributed by atoms with Crippen molar-refractivity contribution in [2.45, 2.75) is 37.3 Å². The van der Waals surface area contributed by atoms with Crippen molar-refractivity contribution in [3.63, 3.8) is 0 Å². The summed E-state index contributed by atoms with van der Waals surface area (Å²) in [6.45, 7) is 1.87. The van der Waals surface area contributed by atoms with Crippen LogP contribution >= 0.6 is 11.6 Å². The quantitative estimate of drug-likeness (QED) is 0.405. The predicted molar refractivity (Wildman–Crippen MR) is 112 cm³/mol. The Bertz CT molecular complexity index is 1080. The second-order valence-corrected chi connectivity index (χ2v) is 7.89. The molecule has 1 aliphatic carbocycles. The Morgan fingerprint density at radius 3 is 2.81 bits per heavy atom. The van der Waals surface area contributed by atoms with Crippen LogP contribution < -0.4 is 11.1 Å². The van der Waals surface area contributed by atoms with Crippen LogP contribution in [0.15, 0.2) is 42.0 Å². The topological polar surface area (TPSA) is 171 Å². The number of aromatic amines is 1. The number of fused-ring (bicyclic) bond motifs is 1. The zero-order valence-corrected chi connectivity index (χ0v) is 17.3. The van der Waals surface area contributed by atoms with E-state index >= 15 is 0 Å². The molecule has 3 rings (SSSR count). The van der Waals surface area contributed by atoms with Gasteiger partial charge >= 0.3 is 11.9 Å². The highest BCUT2D eigenvalue weighted by Crippen LogP contribution is 2.39. The highest BCUT2D eigenvalue weighted by Gasteiger charge is 2.45. The molecule has 6 N–H and O–H groups in total. The molecule has 2 aromatic rings. The molecule has 2 aromatic heterocycles. The second-order valence-electron chi connectivity index (χ2n) is 7.46. The molecule has 0 fully saturated rings. The largest absolute Gasteiger partial charge is 0.481 e. The fourth-order valence-corrected chi connectivity index (χ4v) is 3.94. The third-order valence-corrected chi connectivity index (χ3v) is 5.72. The number of carbonyl (C=O) groups is 3. The molecule has 1 aliphatic rings. The van der Waals surface area contributed by atoms with Crippen molar-refractivity contribution in [3.8, 4) is 0 Å². The molecular formula is C20H22ClN5O5. The molecule has 0 bridgehead atoms. The Kier molecular flexibility index (Phi) is 6.42. The minimum Gasteiger partial charge on any atom is -0.481 e. The number of carboxylic acid groups (broad SMARTS) is 2. The van der Waals surface area contributed by atoms with Crippen molar-refractivity contribution in [2.75, 3.05) is 0 Å². The number of carbonyl (C=O) groups excluding carboxylic acids is 1. The average molecular weight is 448 g/mol. The van der Waals surface area contributed by atoms with Crippen molar-refractivity contribution in [2.24, 2.45) is 11.7 Å². The Hall–Kier alpha value is -3.24. The number of amides is 1. The predicted octanol–water partition coefficient (Wildman–Crippen LogP) is 1.50. The van der Waals surface area contributed by atoms with E-state index in [-0.39, 0.29) is 12.3 Å². The number of hydrogen-bond donors (Lipinski definition) is 5. The van der Waals surface area contributed by atoms with E-state index in [1.54, 1.807) is 18.5 Å². The molecule has 164 valence electrons. The number of nitrogens with one attached hydrogen (secondary N) is 2. The number of H-pyrrole nitrogens is 1. The van der Waals surface area contributed by atoms with Crippen molar-refractivity contribution >= 4 is 40.5 Å². The minimum atomic E-state index is -1.62. The Morgan fingerprint density at radius 1 is 1.39 bits per heavy atom. The van der Waals surface area contributed by atoms with Gasteiger partial charge in [0.25, 0.3) is 0 Å². The SMILES string of the molecule is CC(c1c[nH]c2ncncc12)C1C=C(Cl)C=CC1(N)C(=O)N[C@@H](CCC(=O)O)C(=O)O. The first-order chi connectivity index (χ1) is 14.6. The van der Waals surface area contributed by atoms with Gasteiger partial charge in [-0.25, -0.2) is 14.8 Å². The molecule has 0 spiro atoms. The van der Waals surface area contributed by atoms with Gasteiger partial charge in [0.2, 0.25) is 5.91 Å². The van der Waals surface area contributed by atoms with E-state index in [2.05, 4.69) is 20.3 Å². The summed E-state index contributed by atoms with van der Waals surface area (Å²) >= 11 is 6.20. The number of rotatable bonds is 8. The summed E-state index contributed by atoms with van der Waals surface area (Å²) < 4.78 is 0. The standard InChI is InChI=1S/C20H22ClN5O5/c1-10(12-8-24-17-13(12)7-23-9-25-17)14-6-11(21)4-5-20(14,22)19(31)26-15(18(29)30)2-3-16(27)28/h4-10,14-15H,2-3,22H2,1H3,(H,26,31)(H,27,28)(H,29,30)(H,23,24,25)/t10?,14?,15-,20?/m0/s1. The Morgan fingerprint density at radius 2 is 2.13 bits per heavy atom. The first kappa shape index (κ1) is 22.4. The van der Waals surface area contributed by atoms with Crippen LogP contribution in [-0.2, 0) is 14.4 Å². The second kappa shape index (κ2) is 8.86. The smallest absolute Gasteiger partial charge is 0.326 e. The third-order valence-electron chi connectivity index (χ3n) is 5.47. The van der Waals surface area contributed by atoms with Gasteiger partial charge < -0.3 is 26.2 Å². The number of nitrogens with two attached hydrogens (primary N) is 1. The highest BCUT2D eigenvalue weighted by atomic mass is 35.5. The molecule has 4 atom stereocenters. The van der Waals surface area contributed by atoms with Crippen LogP contribution in [0.1, 0.15) is 31.2 Å². The number of nitrogens with zero attached hydrogens (tertiary/aromatic N) is 2. The summed E-state index contributed by atoms with van der Waals surface area (Å²) in [4.78, 5) is 46.7. The van der Waals surface area contributed by atoms with Gasteiger partial charge in [0.15, 0.2) is 0 Å². The Balaban J connectivity index is 1.91. The van der Waals surface area contributed by atoms with Crippen molar-refractivity contribution < 1.29 is 24.6 Å².